The second-order valence-corrected chi connectivity index (χ2v) is 9.56. The summed E-state index contributed by atoms with van der Waals surface area (Å²) < 4.78 is 0. The number of fused-ring (bicyclic) bond motifs is 2. The molecular formula is C29H23N3OS. The van der Waals surface area contributed by atoms with Crippen molar-refractivity contribution >= 4 is 33.1 Å². The zero-order valence-electron chi connectivity index (χ0n) is 18.6. The van der Waals surface area contributed by atoms with E-state index in [0.29, 0.717) is 23.7 Å². The third-order valence-corrected chi connectivity index (χ3v) is 7.55. The maximum Gasteiger partial charge on any atom is 0.266 e. The Morgan fingerprint density at radius 2 is 1.50 bits per heavy atom. The summed E-state index contributed by atoms with van der Waals surface area (Å²) in [5.74, 6) is -0.0183. The molecule has 0 unspecified atom stereocenters. The van der Waals surface area contributed by atoms with Crippen molar-refractivity contribution in [1.82, 2.24) is 9.88 Å². The monoisotopic (exact) mass is 461 g/mol. The first kappa shape index (κ1) is 20.6. The molecule has 0 aliphatic carbocycles. The fraction of sp³-hybridized carbons (Fsp3) is 0.103. The largest absolute Gasteiger partial charge is 0.397 e. The number of anilines is 1. The van der Waals surface area contributed by atoms with Gasteiger partial charge in [-0.1, -0.05) is 84.9 Å². The Morgan fingerprint density at radius 1 is 0.853 bits per heavy atom. The van der Waals surface area contributed by atoms with Gasteiger partial charge in [-0.3, -0.25) is 4.79 Å². The van der Waals surface area contributed by atoms with E-state index in [1.165, 1.54) is 22.5 Å². The third kappa shape index (κ3) is 3.55. The van der Waals surface area contributed by atoms with Gasteiger partial charge in [-0.2, -0.15) is 0 Å². The number of aromatic nitrogens is 1. The lowest BCUT2D eigenvalue weighted by Gasteiger charge is -2.28. The highest BCUT2D eigenvalue weighted by Crippen LogP contribution is 2.42. The van der Waals surface area contributed by atoms with Crippen LogP contribution in [0.4, 0.5) is 5.69 Å². The highest BCUT2D eigenvalue weighted by atomic mass is 32.1. The number of pyridine rings is 1. The lowest BCUT2D eigenvalue weighted by Crippen LogP contribution is -2.35. The number of hydrogen-bond donors (Lipinski definition) is 1. The minimum Gasteiger partial charge on any atom is -0.397 e. The maximum atomic E-state index is 13.6. The van der Waals surface area contributed by atoms with Gasteiger partial charge in [0, 0.05) is 24.0 Å². The fourth-order valence-corrected chi connectivity index (χ4v) is 5.78. The molecule has 2 aromatic heterocycles. The van der Waals surface area contributed by atoms with Crippen molar-refractivity contribution < 1.29 is 4.79 Å². The molecule has 2 N–H and O–H groups in total. The van der Waals surface area contributed by atoms with Gasteiger partial charge >= 0.3 is 0 Å². The van der Waals surface area contributed by atoms with Gasteiger partial charge in [0.2, 0.25) is 0 Å². The molecule has 5 aromatic rings. The maximum absolute atomic E-state index is 13.6. The average Bonchev–Trinajstić information content (AvgIpc) is 3.24. The highest BCUT2D eigenvalue weighted by molar-refractivity contribution is 7.21. The number of carbonyl (C=O) groups is 1. The van der Waals surface area contributed by atoms with E-state index in [1.54, 1.807) is 0 Å². The summed E-state index contributed by atoms with van der Waals surface area (Å²) in [6, 6.07) is 30.7. The van der Waals surface area contributed by atoms with Crippen LogP contribution in [0.2, 0.25) is 0 Å². The van der Waals surface area contributed by atoms with Gasteiger partial charge in [0.1, 0.15) is 9.71 Å². The second kappa shape index (κ2) is 8.43. The van der Waals surface area contributed by atoms with Crippen molar-refractivity contribution in [3.05, 3.63) is 107 Å². The van der Waals surface area contributed by atoms with Crippen molar-refractivity contribution in [2.45, 2.75) is 13.0 Å². The molecule has 0 saturated heterocycles. The van der Waals surface area contributed by atoms with Gasteiger partial charge in [0.25, 0.3) is 5.91 Å². The van der Waals surface area contributed by atoms with E-state index in [9.17, 15) is 4.79 Å². The predicted molar refractivity (Wildman–Crippen MR) is 140 cm³/mol. The van der Waals surface area contributed by atoms with Crippen LogP contribution in [0, 0.1) is 0 Å². The fourth-order valence-electron chi connectivity index (χ4n) is 4.69. The van der Waals surface area contributed by atoms with Gasteiger partial charge in [-0.05, 0) is 34.7 Å². The molecule has 0 fully saturated rings. The Kier molecular flexibility index (Phi) is 5.12. The van der Waals surface area contributed by atoms with Crippen LogP contribution in [0.15, 0.2) is 91.0 Å². The molecule has 4 nitrogen and oxygen atoms in total. The van der Waals surface area contributed by atoms with E-state index < -0.39 is 0 Å². The molecule has 1 amide bonds. The highest BCUT2D eigenvalue weighted by Gasteiger charge is 2.27. The van der Waals surface area contributed by atoms with Crippen LogP contribution in [0.1, 0.15) is 20.8 Å². The Labute approximate surface area is 202 Å². The van der Waals surface area contributed by atoms with Crippen LogP contribution in [0.25, 0.3) is 32.6 Å². The van der Waals surface area contributed by atoms with Crippen molar-refractivity contribution in [2.24, 2.45) is 0 Å². The minimum absolute atomic E-state index is 0.0183. The number of carbonyl (C=O) groups excluding carboxylic acids is 1. The van der Waals surface area contributed by atoms with Crippen molar-refractivity contribution in [3.8, 4) is 22.4 Å². The van der Waals surface area contributed by atoms with E-state index in [0.717, 1.165) is 39.0 Å². The van der Waals surface area contributed by atoms with E-state index in [1.807, 2.05) is 47.4 Å². The Morgan fingerprint density at radius 3 is 2.24 bits per heavy atom. The van der Waals surface area contributed by atoms with Gasteiger partial charge in [0.15, 0.2) is 0 Å². The summed E-state index contributed by atoms with van der Waals surface area (Å²) in [4.78, 5) is 21.8. The summed E-state index contributed by atoms with van der Waals surface area (Å²) in [7, 11) is 0. The number of nitrogens with zero attached hydrogens (tertiary/aromatic N) is 2. The molecule has 6 rings (SSSR count). The van der Waals surface area contributed by atoms with Crippen molar-refractivity contribution in [1.29, 1.82) is 0 Å². The van der Waals surface area contributed by atoms with E-state index in [-0.39, 0.29) is 5.91 Å². The number of amides is 1. The molecule has 0 saturated carbocycles. The standard InChI is InChI=1S/C29H23N3OS/c30-26-25-23(20-10-3-1-4-11-20)17-24(21-12-5-2-6-13-21)31-28(25)34-27(26)29(33)32-16-15-19-9-7-8-14-22(19)18-32/h1-14,17H,15-16,18,30H2. The molecule has 0 bridgehead atoms. The first-order valence-corrected chi connectivity index (χ1v) is 12.2. The topological polar surface area (TPSA) is 59.2 Å². The number of rotatable bonds is 3. The summed E-state index contributed by atoms with van der Waals surface area (Å²) in [5, 5.41) is 0.858. The quantitative estimate of drug-likeness (QED) is 0.338. The van der Waals surface area contributed by atoms with Crippen LogP contribution in [0.5, 0.6) is 0 Å². The van der Waals surface area contributed by atoms with E-state index >= 15 is 0 Å². The molecule has 0 spiro atoms. The summed E-state index contributed by atoms with van der Waals surface area (Å²) in [6.07, 6.45) is 0.860. The molecule has 0 atom stereocenters. The number of benzene rings is 3. The van der Waals surface area contributed by atoms with Crippen LogP contribution in [-0.2, 0) is 13.0 Å². The van der Waals surface area contributed by atoms with Gasteiger partial charge in [0.05, 0.1) is 11.4 Å². The zero-order valence-corrected chi connectivity index (χ0v) is 19.4. The molecule has 5 heteroatoms. The summed E-state index contributed by atoms with van der Waals surface area (Å²) in [6.45, 7) is 1.30. The summed E-state index contributed by atoms with van der Waals surface area (Å²) >= 11 is 1.40. The van der Waals surface area contributed by atoms with Crippen molar-refractivity contribution in [3.63, 3.8) is 0 Å². The first-order chi connectivity index (χ1) is 16.7. The van der Waals surface area contributed by atoms with Crippen LogP contribution < -0.4 is 5.73 Å². The lowest BCUT2D eigenvalue weighted by atomic mass is 9.99. The van der Waals surface area contributed by atoms with Crippen LogP contribution >= 0.6 is 11.3 Å². The Hall–Kier alpha value is -3.96. The smallest absolute Gasteiger partial charge is 0.266 e. The third-order valence-electron chi connectivity index (χ3n) is 6.47. The van der Waals surface area contributed by atoms with Crippen LogP contribution in [-0.4, -0.2) is 22.3 Å². The predicted octanol–water partition coefficient (Wildman–Crippen LogP) is 6.41. The van der Waals surface area contributed by atoms with E-state index in [4.69, 9.17) is 10.7 Å². The molecule has 0 radical (unpaired) electrons. The molecule has 166 valence electrons. The van der Waals surface area contributed by atoms with Gasteiger partial charge in [-0.25, -0.2) is 4.98 Å². The number of hydrogen-bond acceptors (Lipinski definition) is 4. The molecule has 3 heterocycles. The normalized spacial score (nSPS) is 13.1. The van der Waals surface area contributed by atoms with Crippen molar-refractivity contribution in [2.75, 3.05) is 12.3 Å². The Bertz CT molecular complexity index is 1510. The Balaban J connectivity index is 1.48. The number of nitrogens with two attached hydrogens (primary N) is 1. The first-order valence-electron chi connectivity index (χ1n) is 11.4. The number of thiophene rings is 1. The zero-order chi connectivity index (χ0) is 23.1. The summed E-state index contributed by atoms with van der Waals surface area (Å²) in [5.41, 5.74) is 13.7. The molecule has 1 aliphatic rings. The molecule has 3 aromatic carbocycles. The van der Waals surface area contributed by atoms with Gasteiger partial charge < -0.3 is 10.6 Å². The van der Waals surface area contributed by atoms with Gasteiger partial charge in [-0.15, -0.1) is 11.3 Å². The van der Waals surface area contributed by atoms with E-state index in [2.05, 4.69) is 48.5 Å². The minimum atomic E-state index is -0.0183. The molecular weight excluding hydrogens is 438 g/mol. The lowest BCUT2D eigenvalue weighted by molar-refractivity contribution is 0.0740. The second-order valence-electron chi connectivity index (χ2n) is 8.56. The molecule has 34 heavy (non-hydrogen) atoms. The SMILES string of the molecule is Nc1c(C(=O)N2CCc3ccccc3C2)sc2nc(-c3ccccc3)cc(-c3ccccc3)c12. The molecule has 1 aliphatic heterocycles. The average molecular weight is 462 g/mol. The van der Waals surface area contributed by atoms with Crippen LogP contribution in [0.3, 0.4) is 0 Å². The number of nitrogen functional groups attached to an aromatic ring is 1.